The van der Waals surface area contributed by atoms with Crippen LogP contribution < -0.4 is 0 Å². The Morgan fingerprint density at radius 3 is 2.78 bits per heavy atom. The second kappa shape index (κ2) is 5.15. The van der Waals surface area contributed by atoms with E-state index in [1.54, 1.807) is 4.90 Å². The lowest BCUT2D eigenvalue weighted by atomic mass is 10.1. The molecule has 1 fully saturated rings. The number of aromatic amines is 1. The third kappa shape index (κ3) is 2.09. The normalized spacial score (nSPS) is 17.7. The molecule has 0 spiro atoms. The fourth-order valence-electron chi connectivity index (χ4n) is 3.23. The molecule has 4 heterocycles. The van der Waals surface area contributed by atoms with Gasteiger partial charge in [-0.25, -0.2) is 4.98 Å². The summed E-state index contributed by atoms with van der Waals surface area (Å²) in [5, 5.41) is 7.14. The van der Waals surface area contributed by atoms with Crippen LogP contribution in [0.1, 0.15) is 40.0 Å². The quantitative estimate of drug-likeness (QED) is 0.832. The first-order valence-corrected chi connectivity index (χ1v) is 7.63. The van der Waals surface area contributed by atoms with E-state index in [1.165, 1.54) is 17.3 Å². The molecular formula is C15H15N5O3. The number of nitrogens with zero attached hydrogens (tertiary/aromatic N) is 4. The minimum atomic E-state index is -0.326. The summed E-state index contributed by atoms with van der Waals surface area (Å²) in [5.74, 6) is -0.489. The molecule has 0 saturated carbocycles. The zero-order valence-electron chi connectivity index (χ0n) is 12.4. The van der Waals surface area contributed by atoms with E-state index in [2.05, 4.69) is 15.2 Å². The van der Waals surface area contributed by atoms with Crippen LogP contribution >= 0.6 is 0 Å². The average molecular weight is 313 g/mol. The van der Waals surface area contributed by atoms with E-state index < -0.39 is 0 Å². The Labute approximate surface area is 131 Å². The first-order valence-electron chi connectivity index (χ1n) is 7.63. The van der Waals surface area contributed by atoms with Crippen molar-refractivity contribution in [3.05, 3.63) is 23.5 Å². The molecule has 1 N–H and O–H groups in total. The van der Waals surface area contributed by atoms with Gasteiger partial charge in [0, 0.05) is 32.3 Å². The van der Waals surface area contributed by atoms with Crippen molar-refractivity contribution < 1.29 is 14.4 Å². The SMILES string of the molecule is O=C1CCCN1CCCN1C(=O)c2cnc3[nH]ncc3c2C1=O. The summed E-state index contributed by atoms with van der Waals surface area (Å²) in [5.41, 5.74) is 1.18. The number of hydrogen-bond acceptors (Lipinski definition) is 5. The van der Waals surface area contributed by atoms with Gasteiger partial charge in [0.1, 0.15) is 0 Å². The Bertz CT molecular complexity index is 828. The second-order valence-corrected chi connectivity index (χ2v) is 5.78. The largest absolute Gasteiger partial charge is 0.343 e. The van der Waals surface area contributed by atoms with Gasteiger partial charge in [-0.15, -0.1) is 0 Å². The Kier molecular flexibility index (Phi) is 3.10. The first-order chi connectivity index (χ1) is 11.2. The predicted octanol–water partition coefficient (Wildman–Crippen LogP) is 0.566. The Balaban J connectivity index is 1.51. The zero-order valence-corrected chi connectivity index (χ0v) is 12.4. The summed E-state index contributed by atoms with van der Waals surface area (Å²) in [4.78, 5) is 43.7. The van der Waals surface area contributed by atoms with Gasteiger partial charge < -0.3 is 4.90 Å². The maximum Gasteiger partial charge on any atom is 0.263 e. The molecule has 0 unspecified atom stereocenters. The van der Waals surface area contributed by atoms with Gasteiger partial charge in [-0.3, -0.25) is 24.4 Å². The summed E-state index contributed by atoms with van der Waals surface area (Å²) in [6, 6.07) is 0. The zero-order chi connectivity index (χ0) is 16.0. The van der Waals surface area contributed by atoms with Crippen LogP contribution in [0.25, 0.3) is 11.0 Å². The van der Waals surface area contributed by atoms with E-state index in [0.717, 1.165) is 13.0 Å². The molecule has 2 aliphatic heterocycles. The average Bonchev–Trinajstić information content (AvgIpc) is 3.22. The van der Waals surface area contributed by atoms with Gasteiger partial charge in [-0.05, 0) is 12.8 Å². The Morgan fingerprint density at radius 2 is 2.00 bits per heavy atom. The van der Waals surface area contributed by atoms with Crippen molar-refractivity contribution in [3.8, 4) is 0 Å². The summed E-state index contributed by atoms with van der Waals surface area (Å²) >= 11 is 0. The molecule has 118 valence electrons. The van der Waals surface area contributed by atoms with Gasteiger partial charge in [0.2, 0.25) is 5.91 Å². The molecule has 8 nitrogen and oxygen atoms in total. The van der Waals surface area contributed by atoms with Crippen LogP contribution in [-0.2, 0) is 4.79 Å². The van der Waals surface area contributed by atoms with E-state index in [4.69, 9.17) is 0 Å². The third-order valence-electron chi connectivity index (χ3n) is 4.40. The molecule has 2 aromatic heterocycles. The molecule has 0 aromatic carbocycles. The van der Waals surface area contributed by atoms with Crippen LogP contribution in [0.3, 0.4) is 0 Å². The van der Waals surface area contributed by atoms with E-state index in [1.807, 2.05) is 0 Å². The number of fused-ring (bicyclic) bond motifs is 3. The van der Waals surface area contributed by atoms with Crippen molar-refractivity contribution in [1.29, 1.82) is 0 Å². The summed E-state index contributed by atoms with van der Waals surface area (Å²) in [6.45, 7) is 1.64. The lowest BCUT2D eigenvalue weighted by Crippen LogP contribution is -2.34. The number of likely N-dealkylation sites (tertiary alicyclic amines) is 1. The van der Waals surface area contributed by atoms with E-state index in [-0.39, 0.29) is 17.7 Å². The number of pyridine rings is 1. The van der Waals surface area contributed by atoms with Crippen molar-refractivity contribution in [3.63, 3.8) is 0 Å². The van der Waals surface area contributed by atoms with Gasteiger partial charge in [0.25, 0.3) is 11.8 Å². The molecule has 0 radical (unpaired) electrons. The second-order valence-electron chi connectivity index (χ2n) is 5.78. The molecule has 1 saturated heterocycles. The number of rotatable bonds is 4. The predicted molar refractivity (Wildman–Crippen MR) is 79.7 cm³/mol. The number of imide groups is 1. The summed E-state index contributed by atoms with van der Waals surface area (Å²) in [6.07, 6.45) is 4.99. The molecule has 0 bridgehead atoms. The summed E-state index contributed by atoms with van der Waals surface area (Å²) in [7, 11) is 0. The van der Waals surface area contributed by atoms with Gasteiger partial charge >= 0.3 is 0 Å². The van der Waals surface area contributed by atoms with Gasteiger partial charge in [-0.2, -0.15) is 5.10 Å². The maximum atomic E-state index is 12.6. The molecule has 0 atom stereocenters. The Morgan fingerprint density at radius 1 is 1.13 bits per heavy atom. The minimum Gasteiger partial charge on any atom is -0.343 e. The van der Waals surface area contributed by atoms with Crippen molar-refractivity contribution in [1.82, 2.24) is 25.0 Å². The van der Waals surface area contributed by atoms with Crippen molar-refractivity contribution in [2.75, 3.05) is 19.6 Å². The molecule has 8 heteroatoms. The van der Waals surface area contributed by atoms with Crippen LogP contribution in [0, 0.1) is 0 Å². The highest BCUT2D eigenvalue weighted by molar-refractivity contribution is 6.25. The maximum absolute atomic E-state index is 12.6. The highest BCUT2D eigenvalue weighted by Gasteiger charge is 2.37. The van der Waals surface area contributed by atoms with Crippen LogP contribution in [0.2, 0.25) is 0 Å². The van der Waals surface area contributed by atoms with Crippen LogP contribution in [0.5, 0.6) is 0 Å². The number of aromatic nitrogens is 3. The van der Waals surface area contributed by atoms with E-state index in [0.29, 0.717) is 48.1 Å². The lowest BCUT2D eigenvalue weighted by molar-refractivity contribution is -0.127. The van der Waals surface area contributed by atoms with E-state index in [9.17, 15) is 14.4 Å². The molecule has 4 rings (SSSR count). The van der Waals surface area contributed by atoms with Crippen LogP contribution in [-0.4, -0.2) is 62.3 Å². The number of carbonyl (C=O) groups is 3. The van der Waals surface area contributed by atoms with Gasteiger partial charge in [0.05, 0.1) is 22.7 Å². The number of hydrogen-bond donors (Lipinski definition) is 1. The number of carbonyl (C=O) groups excluding carboxylic acids is 3. The van der Waals surface area contributed by atoms with Gasteiger partial charge in [-0.1, -0.05) is 0 Å². The smallest absolute Gasteiger partial charge is 0.263 e. The lowest BCUT2D eigenvalue weighted by Gasteiger charge is -2.18. The molecule has 0 aliphatic carbocycles. The molecular weight excluding hydrogens is 298 g/mol. The molecule has 3 amide bonds. The number of H-pyrrole nitrogens is 1. The fraction of sp³-hybridized carbons (Fsp3) is 0.400. The van der Waals surface area contributed by atoms with E-state index >= 15 is 0 Å². The standard InChI is InChI=1S/C15H15N5O3/c21-11-3-1-4-19(11)5-2-6-20-14(22)10-7-16-13-9(8-17-18-13)12(10)15(20)23/h7-8H,1-6H2,(H,16,17,18). The molecule has 23 heavy (non-hydrogen) atoms. The van der Waals surface area contributed by atoms with Crippen molar-refractivity contribution >= 4 is 28.8 Å². The monoisotopic (exact) mass is 313 g/mol. The fourth-order valence-corrected chi connectivity index (χ4v) is 3.23. The minimum absolute atomic E-state index is 0.150. The molecule has 2 aromatic rings. The number of amides is 3. The highest BCUT2D eigenvalue weighted by atomic mass is 16.2. The first kappa shape index (κ1) is 13.9. The summed E-state index contributed by atoms with van der Waals surface area (Å²) < 4.78 is 0. The third-order valence-corrected chi connectivity index (χ3v) is 4.40. The molecule has 2 aliphatic rings. The van der Waals surface area contributed by atoms with Crippen molar-refractivity contribution in [2.24, 2.45) is 0 Å². The van der Waals surface area contributed by atoms with Crippen LogP contribution in [0.4, 0.5) is 0 Å². The van der Waals surface area contributed by atoms with Crippen LogP contribution in [0.15, 0.2) is 12.4 Å². The topological polar surface area (TPSA) is 99.3 Å². The van der Waals surface area contributed by atoms with Crippen molar-refractivity contribution in [2.45, 2.75) is 19.3 Å². The van der Waals surface area contributed by atoms with Gasteiger partial charge in [0.15, 0.2) is 5.65 Å². The Hall–Kier alpha value is -2.77. The number of nitrogens with one attached hydrogen (secondary N) is 1. The highest BCUT2D eigenvalue weighted by Crippen LogP contribution is 2.28.